The molecule has 84 valence electrons. The second kappa shape index (κ2) is 3.81. The van der Waals surface area contributed by atoms with Crippen LogP contribution in [0.25, 0.3) is 0 Å². The van der Waals surface area contributed by atoms with Crippen molar-refractivity contribution < 1.29 is 13.9 Å². The minimum atomic E-state index is -2.52. The van der Waals surface area contributed by atoms with Crippen LogP contribution in [0.4, 0.5) is 8.78 Å². The molecule has 3 nitrogen and oxygen atoms in total. The SMILES string of the molecule is OC1=CC=CN(N2CCC(F)(F)CC2)C1. The van der Waals surface area contributed by atoms with Crippen LogP contribution in [0.2, 0.25) is 0 Å². The van der Waals surface area contributed by atoms with Crippen LogP contribution in [0.3, 0.4) is 0 Å². The third-order valence-corrected chi connectivity index (χ3v) is 2.71. The van der Waals surface area contributed by atoms with Crippen molar-refractivity contribution in [1.29, 1.82) is 0 Å². The number of hydrazine groups is 1. The summed E-state index contributed by atoms with van der Waals surface area (Å²) in [6.45, 7) is 1.05. The molecule has 0 amide bonds. The van der Waals surface area contributed by atoms with Crippen LogP contribution in [-0.2, 0) is 0 Å². The minimum Gasteiger partial charge on any atom is -0.510 e. The lowest BCUT2D eigenvalue weighted by molar-refractivity contribution is -0.101. The Morgan fingerprint density at radius 2 is 1.93 bits per heavy atom. The minimum absolute atomic E-state index is 0.109. The van der Waals surface area contributed by atoms with Crippen molar-refractivity contribution in [1.82, 2.24) is 10.0 Å². The molecular weight excluding hydrogens is 202 g/mol. The summed E-state index contributed by atoms with van der Waals surface area (Å²) >= 11 is 0. The van der Waals surface area contributed by atoms with Crippen molar-refractivity contribution in [3.05, 3.63) is 24.1 Å². The summed E-state index contributed by atoms with van der Waals surface area (Å²) in [5.41, 5.74) is 0. The molecule has 0 radical (unpaired) electrons. The molecule has 1 fully saturated rings. The average molecular weight is 216 g/mol. The summed E-state index contributed by atoms with van der Waals surface area (Å²) in [5, 5.41) is 12.9. The van der Waals surface area contributed by atoms with Gasteiger partial charge in [0.2, 0.25) is 0 Å². The zero-order chi connectivity index (χ0) is 10.9. The first kappa shape index (κ1) is 10.4. The van der Waals surface area contributed by atoms with E-state index in [0.717, 1.165) is 0 Å². The molecule has 0 bridgehead atoms. The first-order chi connectivity index (χ1) is 7.07. The second-order valence-corrected chi connectivity index (χ2v) is 3.91. The largest absolute Gasteiger partial charge is 0.510 e. The molecular formula is C10H14F2N2O. The van der Waals surface area contributed by atoms with Crippen molar-refractivity contribution in [3.63, 3.8) is 0 Å². The fourth-order valence-electron chi connectivity index (χ4n) is 1.80. The summed E-state index contributed by atoms with van der Waals surface area (Å²) in [6, 6.07) is 0. The number of hydrogen-bond donors (Lipinski definition) is 1. The highest BCUT2D eigenvalue weighted by Crippen LogP contribution is 2.28. The predicted molar refractivity (Wildman–Crippen MR) is 52.3 cm³/mol. The first-order valence-corrected chi connectivity index (χ1v) is 5.02. The molecule has 2 aliphatic rings. The molecule has 2 aliphatic heterocycles. The second-order valence-electron chi connectivity index (χ2n) is 3.91. The topological polar surface area (TPSA) is 26.7 Å². The van der Waals surface area contributed by atoms with Crippen LogP contribution in [0.5, 0.6) is 0 Å². The molecule has 0 unspecified atom stereocenters. The van der Waals surface area contributed by atoms with Crippen molar-refractivity contribution >= 4 is 0 Å². The monoisotopic (exact) mass is 216 g/mol. The standard InChI is InChI=1S/C10H14F2N2O/c11-10(12)3-6-13(7-4-10)14-5-1-2-9(15)8-14/h1-2,5,15H,3-4,6-8H2. The third kappa shape index (κ3) is 2.47. The molecule has 0 saturated carbocycles. The van der Waals surface area contributed by atoms with Gasteiger partial charge in [0.25, 0.3) is 5.92 Å². The number of nitrogens with zero attached hydrogens (tertiary/aromatic N) is 2. The summed E-state index contributed by atoms with van der Waals surface area (Å²) in [4.78, 5) is 0. The Bertz CT molecular complexity index is 292. The molecule has 0 aromatic heterocycles. The van der Waals surface area contributed by atoms with Crippen molar-refractivity contribution in [3.8, 4) is 0 Å². The van der Waals surface area contributed by atoms with Gasteiger partial charge in [-0.25, -0.2) is 13.8 Å². The molecule has 15 heavy (non-hydrogen) atoms. The number of halogens is 2. The molecule has 1 N–H and O–H groups in total. The van der Waals surface area contributed by atoms with Gasteiger partial charge in [0.15, 0.2) is 0 Å². The molecule has 0 atom stereocenters. The van der Waals surface area contributed by atoms with Gasteiger partial charge in [-0.3, -0.25) is 0 Å². The van der Waals surface area contributed by atoms with Crippen LogP contribution in [-0.4, -0.2) is 40.7 Å². The summed E-state index contributed by atoms with van der Waals surface area (Å²) in [7, 11) is 0. The van der Waals surface area contributed by atoms with E-state index in [1.807, 2.05) is 5.01 Å². The van der Waals surface area contributed by atoms with Crippen molar-refractivity contribution in [2.24, 2.45) is 0 Å². The van der Waals surface area contributed by atoms with E-state index in [-0.39, 0.29) is 18.6 Å². The van der Waals surface area contributed by atoms with Gasteiger partial charge in [0.1, 0.15) is 5.76 Å². The van der Waals surface area contributed by atoms with E-state index >= 15 is 0 Å². The van der Waals surface area contributed by atoms with Crippen LogP contribution in [0, 0.1) is 0 Å². The fraction of sp³-hybridized carbons (Fsp3) is 0.600. The highest BCUT2D eigenvalue weighted by molar-refractivity contribution is 5.12. The number of rotatable bonds is 1. The van der Waals surface area contributed by atoms with Crippen LogP contribution >= 0.6 is 0 Å². The molecule has 0 spiro atoms. The van der Waals surface area contributed by atoms with Gasteiger partial charge in [0, 0.05) is 32.1 Å². The number of aliphatic hydroxyl groups is 1. The number of allylic oxidation sites excluding steroid dienone is 2. The van der Waals surface area contributed by atoms with Gasteiger partial charge >= 0.3 is 0 Å². The van der Waals surface area contributed by atoms with Gasteiger partial charge in [-0.05, 0) is 12.2 Å². The summed E-state index contributed by atoms with van der Waals surface area (Å²) < 4.78 is 25.8. The number of alkyl halides is 2. The fourth-order valence-corrected chi connectivity index (χ4v) is 1.80. The molecule has 2 rings (SSSR count). The summed E-state index contributed by atoms with van der Waals surface area (Å²) in [5.74, 6) is -2.26. The maximum Gasteiger partial charge on any atom is 0.250 e. The van der Waals surface area contributed by atoms with E-state index in [4.69, 9.17) is 0 Å². The van der Waals surface area contributed by atoms with Crippen molar-refractivity contribution in [2.75, 3.05) is 19.6 Å². The van der Waals surface area contributed by atoms with Gasteiger partial charge < -0.3 is 10.1 Å². The number of hydrogen-bond acceptors (Lipinski definition) is 3. The maximum atomic E-state index is 12.9. The Hall–Kier alpha value is -1.10. The number of aliphatic hydroxyl groups excluding tert-OH is 1. The molecule has 1 saturated heterocycles. The van der Waals surface area contributed by atoms with E-state index in [1.54, 1.807) is 23.4 Å². The molecule has 2 heterocycles. The number of piperidine rings is 1. The smallest absolute Gasteiger partial charge is 0.250 e. The Balaban J connectivity index is 1.92. The molecule has 0 aliphatic carbocycles. The quantitative estimate of drug-likeness (QED) is 0.725. The van der Waals surface area contributed by atoms with E-state index in [9.17, 15) is 13.9 Å². The molecule has 0 aromatic rings. The maximum absolute atomic E-state index is 12.9. The van der Waals surface area contributed by atoms with E-state index in [1.165, 1.54) is 0 Å². The van der Waals surface area contributed by atoms with E-state index < -0.39 is 5.92 Å². The van der Waals surface area contributed by atoms with Gasteiger partial charge in [-0.1, -0.05) is 0 Å². The first-order valence-electron chi connectivity index (χ1n) is 5.02. The molecule has 0 aromatic carbocycles. The Labute approximate surface area is 87.2 Å². The Morgan fingerprint density at radius 3 is 2.53 bits per heavy atom. The normalized spacial score (nSPS) is 26.5. The van der Waals surface area contributed by atoms with Crippen LogP contribution in [0.15, 0.2) is 24.1 Å². The van der Waals surface area contributed by atoms with E-state index in [0.29, 0.717) is 19.6 Å². The zero-order valence-corrected chi connectivity index (χ0v) is 8.37. The van der Waals surface area contributed by atoms with Gasteiger partial charge in [-0.2, -0.15) is 0 Å². The van der Waals surface area contributed by atoms with E-state index in [2.05, 4.69) is 0 Å². The predicted octanol–water partition coefficient (Wildman–Crippen LogP) is 1.90. The highest BCUT2D eigenvalue weighted by Gasteiger charge is 2.35. The van der Waals surface area contributed by atoms with Crippen molar-refractivity contribution in [2.45, 2.75) is 18.8 Å². The van der Waals surface area contributed by atoms with Crippen LogP contribution in [0.1, 0.15) is 12.8 Å². The lowest BCUT2D eigenvalue weighted by Crippen LogP contribution is -2.48. The Kier molecular flexibility index (Phi) is 2.65. The molecule has 5 heteroatoms. The zero-order valence-electron chi connectivity index (χ0n) is 8.37. The van der Waals surface area contributed by atoms with Gasteiger partial charge in [-0.15, -0.1) is 0 Å². The lowest BCUT2D eigenvalue weighted by Gasteiger charge is -2.39. The summed E-state index contributed by atoms with van der Waals surface area (Å²) in [6.07, 6.45) is 4.90. The van der Waals surface area contributed by atoms with Gasteiger partial charge in [0.05, 0.1) is 6.54 Å². The average Bonchev–Trinajstić information content (AvgIpc) is 2.17. The Morgan fingerprint density at radius 1 is 1.27 bits per heavy atom. The van der Waals surface area contributed by atoms with Crippen LogP contribution < -0.4 is 0 Å². The highest BCUT2D eigenvalue weighted by atomic mass is 19.3. The third-order valence-electron chi connectivity index (χ3n) is 2.71. The lowest BCUT2D eigenvalue weighted by atomic mass is 10.1.